The zero-order valence-electron chi connectivity index (χ0n) is 52.5. The molecule has 1 unspecified atom stereocenters. The highest BCUT2D eigenvalue weighted by Crippen LogP contribution is 2.41. The van der Waals surface area contributed by atoms with E-state index in [1.165, 1.54) is 14.0 Å². The van der Waals surface area contributed by atoms with Crippen molar-refractivity contribution in [2.24, 2.45) is 0 Å². The summed E-state index contributed by atoms with van der Waals surface area (Å²) in [6, 6.07) is 44.1. The van der Waals surface area contributed by atoms with E-state index in [1.54, 1.807) is 12.1 Å². The summed E-state index contributed by atoms with van der Waals surface area (Å²) in [5.41, 5.74) is 4.06. The fourth-order valence-electron chi connectivity index (χ4n) is 11.9. The number of carbonyl (C=O) groups is 3. The van der Waals surface area contributed by atoms with Crippen LogP contribution in [0, 0.1) is 0 Å². The highest BCUT2D eigenvalue weighted by molar-refractivity contribution is 5.78. The number of hydrogen-bond donors (Lipinski definition) is 8. The predicted molar refractivity (Wildman–Crippen MR) is 327 cm³/mol. The smallest absolute Gasteiger partial charge is 0.366 e. The molecule has 4 aliphatic rings. The van der Waals surface area contributed by atoms with E-state index < -0.39 is 166 Å². The van der Waals surface area contributed by atoms with Gasteiger partial charge in [0.15, 0.2) is 18.9 Å². The van der Waals surface area contributed by atoms with Crippen molar-refractivity contribution in [2.75, 3.05) is 34.0 Å². The van der Waals surface area contributed by atoms with Crippen LogP contribution in [0.5, 0.6) is 0 Å². The highest BCUT2D eigenvalue weighted by Gasteiger charge is 2.61. The second-order valence-electron chi connectivity index (χ2n) is 23.4. The van der Waals surface area contributed by atoms with Crippen molar-refractivity contribution in [3.05, 3.63) is 179 Å². The van der Waals surface area contributed by atoms with Crippen LogP contribution in [0.2, 0.25) is 0 Å². The van der Waals surface area contributed by atoms with Crippen LogP contribution in [0.15, 0.2) is 152 Å². The van der Waals surface area contributed by atoms with Crippen LogP contribution in [0.3, 0.4) is 0 Å². The Hall–Kier alpha value is -6.25. The van der Waals surface area contributed by atoms with Gasteiger partial charge in [-0.2, -0.15) is 0 Å². The molecule has 93 heavy (non-hydrogen) atoms. The van der Waals surface area contributed by atoms with Gasteiger partial charge in [-0.3, -0.25) is 9.59 Å². The summed E-state index contributed by atoms with van der Waals surface area (Å²) in [7, 11) is 2.34. The molecular weight excluding hydrogens is 1210 g/mol. The van der Waals surface area contributed by atoms with E-state index in [1.807, 2.05) is 146 Å². The summed E-state index contributed by atoms with van der Waals surface area (Å²) >= 11 is 0. The summed E-state index contributed by atoms with van der Waals surface area (Å²) in [4.78, 5) is 40.4. The predicted octanol–water partition coefficient (Wildman–Crippen LogP) is 2.64. The minimum atomic E-state index is -2.87. The van der Waals surface area contributed by atoms with Gasteiger partial charge in [-0.25, -0.2) is 4.79 Å². The summed E-state index contributed by atoms with van der Waals surface area (Å²) in [6.45, 7) is 2.85. The molecule has 4 saturated heterocycles. The third-order valence-electron chi connectivity index (χ3n) is 16.5. The van der Waals surface area contributed by atoms with Gasteiger partial charge in [-0.05, 0) is 34.7 Å². The molecule has 9 rings (SSSR count). The van der Waals surface area contributed by atoms with Gasteiger partial charge >= 0.3 is 5.97 Å². The lowest BCUT2D eigenvalue weighted by molar-refractivity contribution is -0.393. The largest absolute Gasteiger partial charge is 0.465 e. The quantitative estimate of drug-likeness (QED) is 0.0306. The van der Waals surface area contributed by atoms with Crippen LogP contribution < -0.4 is 10.6 Å². The SMILES string of the molecule is COC(=O)[C@@]1(O[C@H]2[C@@H](O)[C@@H](COCc3ccccc3)O[C@@H](O[C@H]3[C@H](O[C@@H]4O[C@@H](C)[C@@H](OCc5ccccc5)[C@@H](OCc5ccccc5)[C@@H]4OCc4ccccc4)[C@@H](NC(C)=O)[C@H](OC)O[C@@H]3COCc3ccccc3)[C@@H]2O)C[C@H](O)C(NC(C)=O)[C@H]([C@H](O)[C@H](O)CO)O1. The van der Waals surface area contributed by atoms with Gasteiger partial charge in [-0.15, -0.1) is 0 Å². The van der Waals surface area contributed by atoms with Gasteiger partial charge in [0.2, 0.25) is 11.8 Å². The lowest BCUT2D eigenvalue weighted by Gasteiger charge is -2.52. The van der Waals surface area contributed by atoms with Gasteiger partial charge < -0.3 is 108 Å². The van der Waals surface area contributed by atoms with Crippen molar-refractivity contribution in [2.45, 2.75) is 189 Å². The molecule has 0 radical (unpaired) electrons. The van der Waals surface area contributed by atoms with Crippen LogP contribution in [0.4, 0.5) is 0 Å². The van der Waals surface area contributed by atoms with E-state index in [0.717, 1.165) is 41.9 Å². The Kier molecular flexibility index (Phi) is 26.3. The number of aliphatic hydroxyl groups is 6. The van der Waals surface area contributed by atoms with Crippen molar-refractivity contribution >= 4 is 17.8 Å². The average Bonchev–Trinajstić information content (AvgIpc) is 0.762. The number of methoxy groups -OCH3 is 2. The Bertz CT molecular complexity index is 3040. The topological polar surface area (TPSA) is 326 Å². The zero-order chi connectivity index (χ0) is 66.0. The molecule has 5 aromatic carbocycles. The molecule has 0 saturated carbocycles. The van der Waals surface area contributed by atoms with Gasteiger partial charge in [0, 0.05) is 27.4 Å². The number of carbonyl (C=O) groups excluding carboxylic acids is 3. The van der Waals surface area contributed by atoms with Crippen molar-refractivity contribution in [1.82, 2.24) is 10.6 Å². The number of hydrogen-bond acceptors (Lipinski definition) is 23. The van der Waals surface area contributed by atoms with Gasteiger partial charge in [-0.1, -0.05) is 152 Å². The van der Waals surface area contributed by atoms with Crippen molar-refractivity contribution in [3.63, 3.8) is 0 Å². The molecule has 21 atom stereocenters. The van der Waals surface area contributed by atoms with Crippen LogP contribution >= 0.6 is 0 Å². The first-order valence-corrected chi connectivity index (χ1v) is 31.0. The molecule has 25 heteroatoms. The van der Waals surface area contributed by atoms with E-state index in [2.05, 4.69) is 10.6 Å². The molecule has 4 heterocycles. The Labute approximate surface area is 539 Å². The van der Waals surface area contributed by atoms with E-state index in [4.69, 9.17) is 66.3 Å². The molecule has 506 valence electrons. The number of amides is 2. The molecule has 8 N–H and O–H groups in total. The number of nitrogens with one attached hydrogen (secondary N) is 2. The van der Waals surface area contributed by atoms with Crippen molar-refractivity contribution < 1.29 is 111 Å². The van der Waals surface area contributed by atoms with Gasteiger partial charge in [0.05, 0.1) is 78.2 Å². The van der Waals surface area contributed by atoms with Crippen LogP contribution in [0.25, 0.3) is 0 Å². The number of benzene rings is 5. The number of rotatable bonds is 30. The molecule has 5 aromatic rings. The normalized spacial score (nSPS) is 32.0. The Morgan fingerprint density at radius 2 is 0.989 bits per heavy atom. The van der Waals surface area contributed by atoms with Gasteiger partial charge in [0.25, 0.3) is 5.79 Å². The number of aliphatic hydroxyl groups excluding tert-OH is 6. The third-order valence-corrected chi connectivity index (χ3v) is 16.5. The van der Waals surface area contributed by atoms with E-state index >= 15 is 0 Å². The average molecular weight is 1300 g/mol. The second-order valence-corrected chi connectivity index (χ2v) is 23.4. The lowest BCUT2D eigenvalue weighted by atomic mass is 9.88. The molecule has 4 fully saturated rings. The first-order chi connectivity index (χ1) is 45.0. The maximum absolute atomic E-state index is 14.3. The lowest BCUT2D eigenvalue weighted by Crippen LogP contribution is -2.71. The van der Waals surface area contributed by atoms with E-state index in [9.17, 15) is 45.0 Å². The first kappa shape index (κ1) is 71.1. The van der Waals surface area contributed by atoms with Crippen LogP contribution in [-0.4, -0.2) is 211 Å². The third kappa shape index (κ3) is 18.6. The number of esters is 1. The van der Waals surface area contributed by atoms with Gasteiger partial charge in [0.1, 0.15) is 85.4 Å². The minimum absolute atomic E-state index is 0.00273. The Morgan fingerprint density at radius 3 is 1.47 bits per heavy atom. The molecule has 4 aliphatic heterocycles. The summed E-state index contributed by atoms with van der Waals surface area (Å²) in [5.74, 6) is -5.47. The second kappa shape index (κ2) is 34.4. The number of ether oxygens (including phenoxy) is 14. The summed E-state index contributed by atoms with van der Waals surface area (Å²) in [5, 5.41) is 74.7. The Morgan fingerprint density at radius 1 is 0.538 bits per heavy atom. The molecule has 0 aliphatic carbocycles. The van der Waals surface area contributed by atoms with E-state index in [-0.39, 0.29) is 39.6 Å². The molecule has 2 amide bonds. The highest BCUT2D eigenvalue weighted by atomic mass is 16.8. The first-order valence-electron chi connectivity index (χ1n) is 31.0. The van der Waals surface area contributed by atoms with E-state index in [0.29, 0.717) is 0 Å². The standard InChI is InChI=1S/C68H86N2O23/c1-40-57(84-35-45-25-15-8-16-26-45)62(85-36-46-27-17-9-18-28-46)63(86-37-47-29-19-10-20-30-47)66(87-40)91-60-53(70-42(3)73)64(80-4)89-51(39-83-34-44-23-13-7-14-24-44)58(60)90-65-56(78)61(55(77)50(88-65)38-82-33-43-21-11-6-12-22-43)93-68(67(79)81-5)31-48(74)52(69-41(2)72)59(92-68)54(76)49(75)32-71/h6-30,40,48-66,71,74-78H,31-39H2,1-5H3,(H,69,72)(H,70,73)/t40-,48-,49+,50+,51+,52?,53+,54+,55-,56+,57+,58+,59+,60+,61-,62+,63-,64+,65-,66-,68-/m0/s1. The molecule has 0 spiro atoms. The molecule has 0 aromatic heterocycles. The van der Waals surface area contributed by atoms with Crippen LogP contribution in [0.1, 0.15) is 55.0 Å². The summed E-state index contributed by atoms with van der Waals surface area (Å²) in [6.07, 6.45) is -28.9. The fraction of sp³-hybridized carbons (Fsp3) is 0.515. The van der Waals surface area contributed by atoms with Crippen molar-refractivity contribution in [1.29, 1.82) is 0 Å². The fourth-order valence-corrected chi connectivity index (χ4v) is 11.9. The van der Waals surface area contributed by atoms with Crippen molar-refractivity contribution in [3.8, 4) is 0 Å². The minimum Gasteiger partial charge on any atom is -0.465 e. The maximum Gasteiger partial charge on any atom is 0.366 e. The molecule has 25 nitrogen and oxygen atoms in total. The molecular formula is C68H86N2O23. The molecule has 0 bridgehead atoms. The summed E-state index contributed by atoms with van der Waals surface area (Å²) < 4.78 is 91.7. The zero-order valence-corrected chi connectivity index (χ0v) is 52.5. The maximum atomic E-state index is 14.3. The monoisotopic (exact) mass is 1300 g/mol. The van der Waals surface area contributed by atoms with Crippen LogP contribution in [-0.2, 0) is 114 Å². The Balaban J connectivity index is 1.13.